The van der Waals surface area contributed by atoms with Gasteiger partial charge in [-0.05, 0) is 25.5 Å². The Bertz CT molecular complexity index is 523. The average molecular weight is 266 g/mol. The van der Waals surface area contributed by atoms with Gasteiger partial charge in [-0.2, -0.15) is 0 Å². The summed E-state index contributed by atoms with van der Waals surface area (Å²) in [5, 5.41) is 22.9. The van der Waals surface area contributed by atoms with Crippen LogP contribution in [0.2, 0.25) is 0 Å². The fraction of sp³-hybridized carbons (Fsp3) is 0.417. The standard InChI is InChI=1S/C12H14N2O5/c1-12(4-5-19-7-12)13-11(16)8-2-3-9(14(17)18)10(15)6-8/h2-3,6,15H,4-5,7H2,1H3,(H,13,16)/t12-/m1/s1. The lowest BCUT2D eigenvalue weighted by Crippen LogP contribution is -2.46. The molecular weight excluding hydrogens is 252 g/mol. The topological polar surface area (TPSA) is 102 Å². The highest BCUT2D eigenvalue weighted by molar-refractivity contribution is 5.95. The third-order valence-electron chi connectivity index (χ3n) is 3.07. The molecule has 0 saturated carbocycles. The average Bonchev–Trinajstić information content (AvgIpc) is 2.75. The minimum atomic E-state index is -0.705. The van der Waals surface area contributed by atoms with Crippen LogP contribution < -0.4 is 5.32 Å². The van der Waals surface area contributed by atoms with Crippen molar-refractivity contribution < 1.29 is 19.6 Å². The second-order valence-electron chi connectivity index (χ2n) is 4.78. The third-order valence-corrected chi connectivity index (χ3v) is 3.07. The molecular formula is C12H14N2O5. The monoisotopic (exact) mass is 266 g/mol. The van der Waals surface area contributed by atoms with Gasteiger partial charge in [0.2, 0.25) is 0 Å². The predicted octanol–water partition coefficient (Wildman–Crippen LogP) is 1.21. The van der Waals surface area contributed by atoms with Crippen LogP contribution >= 0.6 is 0 Å². The number of carbonyl (C=O) groups excluding carboxylic acids is 1. The van der Waals surface area contributed by atoms with Crippen LogP contribution in [0.25, 0.3) is 0 Å². The number of amides is 1. The first-order valence-corrected chi connectivity index (χ1v) is 5.79. The van der Waals surface area contributed by atoms with Gasteiger partial charge in [0.05, 0.1) is 17.1 Å². The van der Waals surface area contributed by atoms with Crippen LogP contribution in [0.1, 0.15) is 23.7 Å². The van der Waals surface area contributed by atoms with E-state index in [1.807, 2.05) is 6.92 Å². The fourth-order valence-electron chi connectivity index (χ4n) is 1.93. The van der Waals surface area contributed by atoms with E-state index >= 15 is 0 Å². The van der Waals surface area contributed by atoms with Crippen molar-refractivity contribution in [1.82, 2.24) is 5.32 Å². The van der Waals surface area contributed by atoms with E-state index in [9.17, 15) is 20.0 Å². The zero-order valence-electron chi connectivity index (χ0n) is 10.4. The molecule has 2 rings (SSSR count). The fourth-order valence-corrected chi connectivity index (χ4v) is 1.93. The van der Waals surface area contributed by atoms with Gasteiger partial charge >= 0.3 is 5.69 Å². The van der Waals surface area contributed by atoms with E-state index in [0.29, 0.717) is 19.6 Å². The smallest absolute Gasteiger partial charge is 0.310 e. The molecule has 0 spiro atoms. The van der Waals surface area contributed by atoms with Crippen molar-refractivity contribution in [3.63, 3.8) is 0 Å². The highest BCUT2D eigenvalue weighted by Crippen LogP contribution is 2.26. The minimum absolute atomic E-state index is 0.177. The number of ether oxygens (including phenoxy) is 1. The molecule has 0 aliphatic carbocycles. The molecule has 0 bridgehead atoms. The van der Waals surface area contributed by atoms with Crippen LogP contribution in [-0.4, -0.2) is 34.7 Å². The summed E-state index contributed by atoms with van der Waals surface area (Å²) in [6.45, 7) is 2.88. The summed E-state index contributed by atoms with van der Waals surface area (Å²) in [5.74, 6) is -0.913. The van der Waals surface area contributed by atoms with E-state index in [-0.39, 0.29) is 5.56 Å². The summed E-state index contributed by atoms with van der Waals surface area (Å²) >= 11 is 0. The molecule has 1 aliphatic heterocycles. The number of aromatic hydroxyl groups is 1. The van der Waals surface area contributed by atoms with E-state index < -0.39 is 27.8 Å². The van der Waals surface area contributed by atoms with Gasteiger partial charge in [-0.25, -0.2) is 0 Å². The van der Waals surface area contributed by atoms with Crippen molar-refractivity contribution in [3.05, 3.63) is 33.9 Å². The number of nitro groups is 1. The number of nitro benzene ring substituents is 1. The number of hydrogen-bond acceptors (Lipinski definition) is 5. The predicted molar refractivity (Wildman–Crippen MR) is 66.1 cm³/mol. The Balaban J connectivity index is 2.16. The van der Waals surface area contributed by atoms with E-state index in [1.54, 1.807) is 0 Å². The normalized spacial score (nSPS) is 22.2. The maximum Gasteiger partial charge on any atom is 0.310 e. The van der Waals surface area contributed by atoms with E-state index in [4.69, 9.17) is 4.74 Å². The molecule has 0 unspecified atom stereocenters. The summed E-state index contributed by atoms with van der Waals surface area (Å²) in [6, 6.07) is 3.51. The quantitative estimate of drug-likeness (QED) is 0.632. The Morgan fingerprint density at radius 2 is 2.32 bits per heavy atom. The number of carbonyl (C=O) groups is 1. The largest absolute Gasteiger partial charge is 0.502 e. The lowest BCUT2D eigenvalue weighted by atomic mass is 10.0. The van der Waals surface area contributed by atoms with Crippen LogP contribution in [0.5, 0.6) is 5.75 Å². The number of benzene rings is 1. The molecule has 1 atom stereocenters. The van der Waals surface area contributed by atoms with Crippen LogP contribution in [0, 0.1) is 10.1 Å². The Kier molecular flexibility index (Phi) is 3.39. The summed E-state index contributed by atoms with van der Waals surface area (Å²) in [7, 11) is 0. The van der Waals surface area contributed by atoms with Gasteiger partial charge in [-0.3, -0.25) is 14.9 Å². The Labute approximate surface area is 109 Å². The van der Waals surface area contributed by atoms with Gasteiger partial charge < -0.3 is 15.2 Å². The van der Waals surface area contributed by atoms with Gasteiger partial charge in [0.25, 0.3) is 5.91 Å². The second kappa shape index (κ2) is 4.85. The molecule has 1 aromatic carbocycles. The maximum atomic E-state index is 12.0. The lowest BCUT2D eigenvalue weighted by molar-refractivity contribution is -0.385. The second-order valence-corrected chi connectivity index (χ2v) is 4.78. The molecule has 1 heterocycles. The highest BCUT2D eigenvalue weighted by Gasteiger charge is 2.31. The van der Waals surface area contributed by atoms with Crippen molar-refractivity contribution in [2.24, 2.45) is 0 Å². The minimum Gasteiger partial charge on any atom is -0.502 e. The summed E-state index contributed by atoms with van der Waals surface area (Å²) in [5.41, 5.74) is -0.683. The summed E-state index contributed by atoms with van der Waals surface area (Å²) in [6.07, 6.45) is 0.706. The molecule has 1 saturated heterocycles. The Morgan fingerprint density at radius 3 is 2.84 bits per heavy atom. The number of nitrogens with zero attached hydrogens (tertiary/aromatic N) is 1. The van der Waals surface area contributed by atoms with Crippen LogP contribution in [0.15, 0.2) is 18.2 Å². The number of phenols is 1. The molecule has 7 nitrogen and oxygen atoms in total. The van der Waals surface area contributed by atoms with Crippen molar-refractivity contribution in [2.45, 2.75) is 18.9 Å². The van der Waals surface area contributed by atoms with Crippen molar-refractivity contribution >= 4 is 11.6 Å². The van der Waals surface area contributed by atoms with Gasteiger partial charge in [0, 0.05) is 18.2 Å². The van der Waals surface area contributed by atoms with E-state index in [0.717, 1.165) is 12.1 Å². The molecule has 0 aromatic heterocycles. The number of phenolic OH excluding ortho intramolecular Hbond substituents is 1. The van der Waals surface area contributed by atoms with Crippen molar-refractivity contribution in [2.75, 3.05) is 13.2 Å². The molecule has 2 N–H and O–H groups in total. The van der Waals surface area contributed by atoms with Crippen molar-refractivity contribution in [1.29, 1.82) is 0 Å². The third kappa shape index (κ3) is 2.82. The van der Waals surface area contributed by atoms with Gasteiger partial charge in [0.15, 0.2) is 5.75 Å². The highest BCUT2D eigenvalue weighted by atomic mass is 16.6. The molecule has 19 heavy (non-hydrogen) atoms. The first-order valence-electron chi connectivity index (χ1n) is 5.79. The first-order chi connectivity index (χ1) is 8.91. The number of rotatable bonds is 3. The lowest BCUT2D eigenvalue weighted by Gasteiger charge is -2.23. The van der Waals surface area contributed by atoms with Crippen LogP contribution in [-0.2, 0) is 4.74 Å². The zero-order chi connectivity index (χ0) is 14.0. The van der Waals surface area contributed by atoms with E-state index in [2.05, 4.69) is 5.32 Å². The van der Waals surface area contributed by atoms with E-state index in [1.165, 1.54) is 6.07 Å². The molecule has 1 fully saturated rings. The van der Waals surface area contributed by atoms with Crippen LogP contribution in [0.3, 0.4) is 0 Å². The summed E-state index contributed by atoms with van der Waals surface area (Å²) in [4.78, 5) is 21.8. The molecule has 7 heteroatoms. The summed E-state index contributed by atoms with van der Waals surface area (Å²) < 4.78 is 5.22. The van der Waals surface area contributed by atoms with Crippen molar-refractivity contribution in [3.8, 4) is 5.75 Å². The van der Waals surface area contributed by atoms with Gasteiger partial charge in [0.1, 0.15) is 0 Å². The SMILES string of the molecule is C[C@@]1(NC(=O)c2ccc([N+](=O)[O-])c(O)c2)CCOC1. The molecule has 1 aliphatic rings. The molecule has 1 amide bonds. The van der Waals surface area contributed by atoms with Crippen LogP contribution in [0.4, 0.5) is 5.69 Å². The number of hydrogen-bond donors (Lipinski definition) is 2. The Hall–Kier alpha value is -2.15. The first kappa shape index (κ1) is 13.3. The van der Waals surface area contributed by atoms with Gasteiger partial charge in [-0.1, -0.05) is 0 Å². The zero-order valence-corrected chi connectivity index (χ0v) is 10.4. The number of nitrogens with one attached hydrogen (secondary N) is 1. The molecule has 0 radical (unpaired) electrons. The maximum absolute atomic E-state index is 12.0. The Morgan fingerprint density at radius 1 is 1.58 bits per heavy atom. The molecule has 102 valence electrons. The van der Waals surface area contributed by atoms with Gasteiger partial charge in [-0.15, -0.1) is 0 Å². The molecule has 1 aromatic rings.